The summed E-state index contributed by atoms with van der Waals surface area (Å²) in [5.74, 6) is -0.336. The van der Waals surface area contributed by atoms with Crippen LogP contribution in [0.3, 0.4) is 0 Å². The largest absolute Gasteiger partial charge is 0.349 e. The van der Waals surface area contributed by atoms with Gasteiger partial charge in [-0.15, -0.1) is 0 Å². The van der Waals surface area contributed by atoms with Crippen LogP contribution >= 0.6 is 15.9 Å². The normalized spacial score (nSPS) is 20.7. The van der Waals surface area contributed by atoms with E-state index in [9.17, 15) is 9.18 Å². The van der Waals surface area contributed by atoms with Crippen LogP contribution in [0.5, 0.6) is 0 Å². The smallest absolute Gasteiger partial charge is 0.254 e. The molecule has 0 spiro atoms. The van der Waals surface area contributed by atoms with Gasteiger partial charge < -0.3 is 5.32 Å². The maximum atomic E-state index is 13.5. The van der Waals surface area contributed by atoms with Crippen LogP contribution < -0.4 is 5.32 Å². The standard InChI is InChI=1S/C17H15BrFNO/c18-13-5-3-4-11(8-13)12-9-14(10-12)20-17(21)15-6-1-2-7-16(15)19/h1-8,12,14H,9-10H2,(H,20,21). The Balaban J connectivity index is 1.58. The fourth-order valence-electron chi connectivity index (χ4n) is 2.68. The zero-order chi connectivity index (χ0) is 14.8. The van der Waals surface area contributed by atoms with Crippen molar-refractivity contribution in [2.24, 2.45) is 0 Å². The number of benzene rings is 2. The Hall–Kier alpha value is -1.68. The number of carbonyl (C=O) groups is 1. The second-order valence-electron chi connectivity index (χ2n) is 5.37. The van der Waals surface area contributed by atoms with Gasteiger partial charge in [-0.3, -0.25) is 4.79 Å². The summed E-state index contributed by atoms with van der Waals surface area (Å²) in [7, 11) is 0. The summed E-state index contributed by atoms with van der Waals surface area (Å²) < 4.78 is 14.6. The van der Waals surface area contributed by atoms with Crippen LogP contribution in [0.4, 0.5) is 4.39 Å². The molecular weight excluding hydrogens is 333 g/mol. The summed E-state index contributed by atoms with van der Waals surface area (Å²) in [6, 6.07) is 14.4. The summed E-state index contributed by atoms with van der Waals surface area (Å²) in [6.07, 6.45) is 1.80. The molecule has 1 fully saturated rings. The molecule has 2 aromatic carbocycles. The number of rotatable bonds is 3. The third-order valence-electron chi connectivity index (χ3n) is 3.91. The molecule has 0 heterocycles. The van der Waals surface area contributed by atoms with Gasteiger partial charge in [0.1, 0.15) is 5.82 Å². The lowest BCUT2D eigenvalue weighted by atomic mass is 9.76. The van der Waals surface area contributed by atoms with E-state index in [2.05, 4.69) is 33.4 Å². The maximum absolute atomic E-state index is 13.5. The van der Waals surface area contributed by atoms with Gasteiger partial charge in [-0.25, -0.2) is 4.39 Å². The molecular formula is C17H15BrFNO. The summed E-state index contributed by atoms with van der Waals surface area (Å²) in [6.45, 7) is 0. The lowest BCUT2D eigenvalue weighted by molar-refractivity contribution is 0.0905. The number of nitrogens with one attached hydrogen (secondary N) is 1. The van der Waals surface area contributed by atoms with Gasteiger partial charge >= 0.3 is 0 Å². The molecule has 1 saturated carbocycles. The van der Waals surface area contributed by atoms with Crippen LogP contribution in [-0.4, -0.2) is 11.9 Å². The zero-order valence-corrected chi connectivity index (χ0v) is 12.9. The van der Waals surface area contributed by atoms with Crippen LogP contribution in [0.15, 0.2) is 53.0 Å². The molecule has 3 rings (SSSR count). The van der Waals surface area contributed by atoms with Crippen LogP contribution in [0.2, 0.25) is 0 Å². The van der Waals surface area contributed by atoms with Gasteiger partial charge in [-0.2, -0.15) is 0 Å². The van der Waals surface area contributed by atoms with E-state index in [1.54, 1.807) is 12.1 Å². The monoisotopic (exact) mass is 347 g/mol. The molecule has 1 aliphatic rings. The molecule has 0 saturated heterocycles. The highest BCUT2D eigenvalue weighted by Gasteiger charge is 2.31. The fourth-order valence-corrected chi connectivity index (χ4v) is 3.09. The van der Waals surface area contributed by atoms with Crippen LogP contribution in [0.1, 0.15) is 34.7 Å². The van der Waals surface area contributed by atoms with Crippen molar-refractivity contribution < 1.29 is 9.18 Å². The van der Waals surface area contributed by atoms with E-state index in [0.29, 0.717) is 5.92 Å². The molecule has 1 N–H and O–H groups in total. The van der Waals surface area contributed by atoms with Crippen LogP contribution in [0.25, 0.3) is 0 Å². The number of halogens is 2. The third kappa shape index (κ3) is 3.16. The van der Waals surface area contributed by atoms with Gasteiger partial charge in [-0.05, 0) is 48.6 Å². The minimum absolute atomic E-state index is 0.114. The zero-order valence-electron chi connectivity index (χ0n) is 11.4. The van der Waals surface area contributed by atoms with Crippen molar-refractivity contribution >= 4 is 21.8 Å². The molecule has 0 radical (unpaired) electrons. The Morgan fingerprint density at radius 1 is 1.14 bits per heavy atom. The van der Waals surface area contributed by atoms with Crippen molar-refractivity contribution in [1.29, 1.82) is 0 Å². The van der Waals surface area contributed by atoms with Gasteiger partial charge in [0.2, 0.25) is 0 Å². The van der Waals surface area contributed by atoms with Crippen molar-refractivity contribution in [2.75, 3.05) is 0 Å². The van der Waals surface area contributed by atoms with E-state index in [0.717, 1.165) is 17.3 Å². The van der Waals surface area contributed by atoms with E-state index in [1.165, 1.54) is 17.7 Å². The van der Waals surface area contributed by atoms with E-state index >= 15 is 0 Å². The SMILES string of the molecule is O=C(NC1CC(c2cccc(Br)c2)C1)c1ccccc1F. The number of hydrogen-bond donors (Lipinski definition) is 1. The molecule has 0 unspecified atom stereocenters. The van der Waals surface area contributed by atoms with Gasteiger partial charge in [0, 0.05) is 10.5 Å². The molecule has 0 atom stereocenters. The first kappa shape index (κ1) is 14.3. The van der Waals surface area contributed by atoms with E-state index in [1.807, 2.05) is 12.1 Å². The topological polar surface area (TPSA) is 29.1 Å². The predicted octanol–water partition coefficient (Wildman–Crippen LogP) is 4.26. The molecule has 0 aliphatic heterocycles. The average Bonchev–Trinajstić information content (AvgIpc) is 2.42. The lowest BCUT2D eigenvalue weighted by Crippen LogP contribution is -2.43. The second kappa shape index (κ2) is 5.98. The highest BCUT2D eigenvalue weighted by molar-refractivity contribution is 9.10. The lowest BCUT2D eigenvalue weighted by Gasteiger charge is -2.36. The average molecular weight is 348 g/mol. The Morgan fingerprint density at radius 2 is 1.90 bits per heavy atom. The number of carbonyl (C=O) groups excluding carboxylic acids is 1. The first-order valence-electron chi connectivity index (χ1n) is 6.94. The summed E-state index contributed by atoms with van der Waals surface area (Å²) in [4.78, 5) is 12.0. The molecule has 0 bridgehead atoms. The van der Waals surface area contributed by atoms with Gasteiger partial charge in [0.25, 0.3) is 5.91 Å². The molecule has 4 heteroatoms. The number of hydrogen-bond acceptors (Lipinski definition) is 1. The first-order valence-corrected chi connectivity index (χ1v) is 7.73. The maximum Gasteiger partial charge on any atom is 0.254 e. The Bertz CT molecular complexity index is 667. The van der Waals surface area contributed by atoms with Crippen LogP contribution in [-0.2, 0) is 0 Å². The summed E-state index contributed by atoms with van der Waals surface area (Å²) in [5.41, 5.74) is 1.39. The summed E-state index contributed by atoms with van der Waals surface area (Å²) in [5, 5.41) is 2.90. The van der Waals surface area contributed by atoms with Crippen molar-refractivity contribution in [3.8, 4) is 0 Å². The quantitative estimate of drug-likeness (QED) is 0.882. The number of amides is 1. The van der Waals surface area contributed by atoms with Gasteiger partial charge in [0.05, 0.1) is 5.56 Å². The molecule has 0 aromatic heterocycles. The Morgan fingerprint density at radius 3 is 2.62 bits per heavy atom. The molecule has 1 amide bonds. The first-order chi connectivity index (χ1) is 10.1. The fraction of sp³-hybridized carbons (Fsp3) is 0.235. The second-order valence-corrected chi connectivity index (χ2v) is 6.29. The van der Waals surface area contributed by atoms with Gasteiger partial charge in [0.15, 0.2) is 0 Å². The van der Waals surface area contributed by atoms with Crippen molar-refractivity contribution in [3.63, 3.8) is 0 Å². The predicted molar refractivity (Wildman–Crippen MR) is 83.8 cm³/mol. The third-order valence-corrected chi connectivity index (χ3v) is 4.41. The van der Waals surface area contributed by atoms with E-state index < -0.39 is 5.82 Å². The van der Waals surface area contributed by atoms with E-state index in [-0.39, 0.29) is 17.5 Å². The molecule has 2 aromatic rings. The summed E-state index contributed by atoms with van der Waals surface area (Å²) >= 11 is 3.47. The van der Waals surface area contributed by atoms with Gasteiger partial charge in [-0.1, -0.05) is 40.2 Å². The molecule has 1 aliphatic carbocycles. The molecule has 108 valence electrons. The minimum atomic E-state index is -0.474. The highest BCUT2D eigenvalue weighted by atomic mass is 79.9. The molecule has 2 nitrogen and oxygen atoms in total. The van der Waals surface area contributed by atoms with Crippen LogP contribution in [0, 0.1) is 5.82 Å². The van der Waals surface area contributed by atoms with Crippen molar-refractivity contribution in [1.82, 2.24) is 5.32 Å². The van der Waals surface area contributed by atoms with E-state index in [4.69, 9.17) is 0 Å². The minimum Gasteiger partial charge on any atom is -0.349 e. The van der Waals surface area contributed by atoms with Crippen molar-refractivity contribution in [2.45, 2.75) is 24.8 Å². The highest BCUT2D eigenvalue weighted by Crippen LogP contribution is 2.37. The Kier molecular flexibility index (Phi) is 4.06. The Labute approximate surface area is 131 Å². The molecule has 21 heavy (non-hydrogen) atoms. The van der Waals surface area contributed by atoms with Crippen molar-refractivity contribution in [3.05, 3.63) is 69.9 Å².